The van der Waals surface area contributed by atoms with Crippen molar-refractivity contribution in [2.24, 2.45) is 0 Å². The first-order chi connectivity index (χ1) is 13.6. The van der Waals surface area contributed by atoms with Gasteiger partial charge in [-0.05, 0) is 55.0 Å². The van der Waals surface area contributed by atoms with Gasteiger partial charge in [0.2, 0.25) is 0 Å². The third kappa shape index (κ3) is 3.18. The molecule has 0 aliphatic heterocycles. The van der Waals surface area contributed by atoms with Crippen molar-refractivity contribution in [1.29, 1.82) is 0 Å². The second-order valence-electron chi connectivity index (χ2n) is 6.74. The monoisotopic (exact) mass is 371 g/mol. The van der Waals surface area contributed by atoms with Crippen LogP contribution in [0.1, 0.15) is 29.8 Å². The molecule has 0 saturated carbocycles. The van der Waals surface area contributed by atoms with E-state index in [4.69, 9.17) is 4.42 Å². The van der Waals surface area contributed by atoms with Crippen LogP contribution in [0.3, 0.4) is 0 Å². The Bertz CT molecular complexity index is 1220. The number of benzene rings is 3. The molecule has 4 nitrogen and oxygen atoms in total. The second kappa shape index (κ2) is 7.31. The predicted octanol–water partition coefficient (Wildman–Crippen LogP) is 5.02. The Morgan fingerprint density at radius 1 is 0.857 bits per heavy atom. The molecule has 0 amide bonds. The van der Waals surface area contributed by atoms with E-state index in [-0.39, 0.29) is 11.3 Å². The van der Waals surface area contributed by atoms with Crippen LogP contribution in [0.15, 0.2) is 75.9 Å². The minimum Gasteiger partial charge on any atom is -0.422 e. The number of hydrogen-bond donors (Lipinski definition) is 0. The fraction of sp³-hybridized carbons (Fsp3) is 0.167. The first-order valence-electron chi connectivity index (χ1n) is 9.47. The number of fused-ring (bicyclic) bond motifs is 2. The van der Waals surface area contributed by atoms with E-state index in [2.05, 4.69) is 36.9 Å². The SMILES string of the molecule is CCN(CC)c1ccc2cc3cc(C(=O)c4ccccc4)c(=O)oc3cc2c1. The van der Waals surface area contributed by atoms with Crippen molar-refractivity contribution in [3.05, 3.63) is 88.3 Å². The highest BCUT2D eigenvalue weighted by Crippen LogP contribution is 2.27. The molecule has 0 saturated heterocycles. The summed E-state index contributed by atoms with van der Waals surface area (Å²) in [4.78, 5) is 27.4. The highest BCUT2D eigenvalue weighted by molar-refractivity contribution is 6.10. The molecule has 0 N–H and O–H groups in total. The van der Waals surface area contributed by atoms with Crippen LogP contribution >= 0.6 is 0 Å². The lowest BCUT2D eigenvalue weighted by atomic mass is 10.0. The summed E-state index contributed by atoms with van der Waals surface area (Å²) < 4.78 is 5.51. The van der Waals surface area contributed by atoms with Crippen molar-refractivity contribution < 1.29 is 9.21 Å². The van der Waals surface area contributed by atoms with Gasteiger partial charge >= 0.3 is 5.63 Å². The van der Waals surface area contributed by atoms with E-state index in [1.807, 2.05) is 18.2 Å². The minimum absolute atomic E-state index is 0.0535. The Balaban J connectivity index is 1.84. The van der Waals surface area contributed by atoms with Crippen LogP contribution in [0.2, 0.25) is 0 Å². The van der Waals surface area contributed by atoms with Crippen molar-refractivity contribution in [3.63, 3.8) is 0 Å². The van der Waals surface area contributed by atoms with Crippen LogP contribution in [-0.4, -0.2) is 18.9 Å². The van der Waals surface area contributed by atoms with E-state index < -0.39 is 5.63 Å². The molecule has 0 spiro atoms. The average Bonchev–Trinajstić information content (AvgIpc) is 2.73. The highest BCUT2D eigenvalue weighted by atomic mass is 16.4. The Morgan fingerprint density at radius 2 is 1.61 bits per heavy atom. The fourth-order valence-corrected chi connectivity index (χ4v) is 3.54. The smallest absolute Gasteiger partial charge is 0.347 e. The Kier molecular flexibility index (Phi) is 4.70. The Morgan fingerprint density at radius 3 is 2.32 bits per heavy atom. The van der Waals surface area contributed by atoms with Crippen molar-refractivity contribution >= 4 is 33.2 Å². The van der Waals surface area contributed by atoms with Gasteiger partial charge in [0.15, 0.2) is 5.78 Å². The molecule has 28 heavy (non-hydrogen) atoms. The molecule has 0 bridgehead atoms. The van der Waals surface area contributed by atoms with Crippen LogP contribution in [0, 0.1) is 0 Å². The maximum Gasteiger partial charge on any atom is 0.347 e. The molecular weight excluding hydrogens is 350 g/mol. The largest absolute Gasteiger partial charge is 0.422 e. The molecule has 1 heterocycles. The highest BCUT2D eigenvalue weighted by Gasteiger charge is 2.16. The number of nitrogens with zero attached hydrogens (tertiary/aromatic N) is 1. The van der Waals surface area contributed by atoms with Crippen molar-refractivity contribution in [2.75, 3.05) is 18.0 Å². The zero-order chi connectivity index (χ0) is 19.7. The topological polar surface area (TPSA) is 50.5 Å². The van der Waals surface area contributed by atoms with E-state index in [0.29, 0.717) is 11.1 Å². The van der Waals surface area contributed by atoms with Crippen molar-refractivity contribution in [2.45, 2.75) is 13.8 Å². The standard InChI is InChI=1S/C24H21NO3/c1-3-25(4-2)20-11-10-17-12-19-14-21(23(26)16-8-6-5-7-9-16)24(27)28-22(19)15-18(17)13-20/h5-15H,3-4H2,1-2H3. The molecule has 4 rings (SSSR count). The quantitative estimate of drug-likeness (QED) is 0.281. The molecule has 0 aliphatic rings. The molecule has 3 aromatic carbocycles. The van der Waals surface area contributed by atoms with Gasteiger partial charge in [0.1, 0.15) is 11.1 Å². The van der Waals surface area contributed by atoms with Gasteiger partial charge in [0.25, 0.3) is 0 Å². The number of hydrogen-bond acceptors (Lipinski definition) is 4. The molecular formula is C24H21NO3. The van der Waals surface area contributed by atoms with Gasteiger partial charge < -0.3 is 9.32 Å². The maximum atomic E-state index is 12.7. The zero-order valence-corrected chi connectivity index (χ0v) is 15.9. The van der Waals surface area contributed by atoms with E-state index in [0.717, 1.165) is 34.9 Å². The third-order valence-electron chi connectivity index (χ3n) is 5.08. The summed E-state index contributed by atoms with van der Waals surface area (Å²) in [5.74, 6) is -0.326. The summed E-state index contributed by atoms with van der Waals surface area (Å²) in [5, 5.41) is 2.78. The van der Waals surface area contributed by atoms with Gasteiger partial charge in [0.05, 0.1) is 0 Å². The maximum absolute atomic E-state index is 12.7. The molecule has 4 aromatic rings. The van der Waals surface area contributed by atoms with Crippen LogP contribution in [-0.2, 0) is 0 Å². The predicted molar refractivity (Wildman–Crippen MR) is 113 cm³/mol. The van der Waals surface area contributed by atoms with Crippen LogP contribution < -0.4 is 10.5 Å². The van der Waals surface area contributed by atoms with Gasteiger partial charge in [-0.3, -0.25) is 4.79 Å². The second-order valence-corrected chi connectivity index (χ2v) is 6.74. The lowest BCUT2D eigenvalue weighted by Gasteiger charge is -2.21. The van der Waals surface area contributed by atoms with Crippen LogP contribution in [0.4, 0.5) is 5.69 Å². The van der Waals surface area contributed by atoms with Gasteiger partial charge in [-0.15, -0.1) is 0 Å². The minimum atomic E-state index is -0.611. The Labute approximate surface area is 163 Å². The fourth-order valence-electron chi connectivity index (χ4n) is 3.54. The summed E-state index contributed by atoms with van der Waals surface area (Å²) in [5.41, 5.74) is 1.53. The van der Waals surface area contributed by atoms with E-state index >= 15 is 0 Å². The Hall–Kier alpha value is -3.40. The molecule has 0 radical (unpaired) electrons. The van der Waals surface area contributed by atoms with Gasteiger partial charge in [0, 0.05) is 29.7 Å². The molecule has 0 unspecified atom stereocenters. The molecule has 0 aliphatic carbocycles. The van der Waals surface area contributed by atoms with E-state index in [1.165, 1.54) is 0 Å². The molecule has 140 valence electrons. The first kappa shape index (κ1) is 18.0. The first-order valence-corrected chi connectivity index (χ1v) is 9.47. The molecule has 0 atom stereocenters. The van der Waals surface area contributed by atoms with E-state index in [1.54, 1.807) is 30.3 Å². The average molecular weight is 371 g/mol. The number of anilines is 1. The summed E-state index contributed by atoms with van der Waals surface area (Å²) in [7, 11) is 0. The number of ketones is 1. The van der Waals surface area contributed by atoms with Crippen molar-refractivity contribution in [1.82, 2.24) is 0 Å². The van der Waals surface area contributed by atoms with Crippen LogP contribution in [0.5, 0.6) is 0 Å². The lowest BCUT2D eigenvalue weighted by Crippen LogP contribution is -2.21. The normalized spacial score (nSPS) is 11.1. The number of rotatable bonds is 5. The number of carbonyl (C=O) groups excluding carboxylic acids is 1. The van der Waals surface area contributed by atoms with Gasteiger partial charge in [-0.2, -0.15) is 0 Å². The van der Waals surface area contributed by atoms with E-state index in [9.17, 15) is 9.59 Å². The molecule has 1 aromatic heterocycles. The lowest BCUT2D eigenvalue weighted by molar-refractivity contribution is 0.103. The summed E-state index contributed by atoms with van der Waals surface area (Å²) in [6, 6.07) is 20.5. The zero-order valence-electron chi connectivity index (χ0n) is 15.9. The van der Waals surface area contributed by atoms with Gasteiger partial charge in [-0.25, -0.2) is 4.79 Å². The third-order valence-corrected chi connectivity index (χ3v) is 5.08. The van der Waals surface area contributed by atoms with Crippen molar-refractivity contribution in [3.8, 4) is 0 Å². The summed E-state index contributed by atoms with van der Waals surface area (Å²) >= 11 is 0. The number of carbonyl (C=O) groups is 1. The molecule has 4 heteroatoms. The molecule has 0 fully saturated rings. The summed E-state index contributed by atoms with van der Waals surface area (Å²) in [6.07, 6.45) is 0. The summed E-state index contributed by atoms with van der Waals surface area (Å²) in [6.45, 7) is 6.10. The van der Waals surface area contributed by atoms with Crippen LogP contribution in [0.25, 0.3) is 21.7 Å². The van der Waals surface area contributed by atoms with Gasteiger partial charge in [-0.1, -0.05) is 36.4 Å².